The van der Waals surface area contributed by atoms with Crippen molar-refractivity contribution in [1.82, 2.24) is 10.2 Å². The van der Waals surface area contributed by atoms with Gasteiger partial charge in [-0.1, -0.05) is 42.5 Å². The largest absolute Gasteiger partial charge is 0.467 e. The summed E-state index contributed by atoms with van der Waals surface area (Å²) >= 11 is 0. The van der Waals surface area contributed by atoms with E-state index in [0.29, 0.717) is 23.3 Å². The van der Waals surface area contributed by atoms with Gasteiger partial charge in [-0.05, 0) is 36.2 Å². The fraction of sp³-hybridized carbons (Fsp3) is 0.174. The summed E-state index contributed by atoms with van der Waals surface area (Å²) in [6, 6.07) is 19.5. The molecule has 0 unspecified atom stereocenters. The summed E-state index contributed by atoms with van der Waals surface area (Å²) in [6.07, 6.45) is 2.15. The maximum atomic E-state index is 12.5. The second kappa shape index (κ2) is 8.14. The number of nitrogens with zero attached hydrogens (tertiary/aromatic N) is 1. The predicted molar refractivity (Wildman–Crippen MR) is 106 cm³/mol. The Balaban J connectivity index is 1.36. The minimum Gasteiger partial charge on any atom is -0.467 e. The fourth-order valence-electron chi connectivity index (χ4n) is 3.49. The molecule has 6 heteroatoms. The van der Waals surface area contributed by atoms with Gasteiger partial charge in [0.05, 0.1) is 17.4 Å². The number of carbonyl (C=O) groups excluding carboxylic acids is 3. The zero-order valence-corrected chi connectivity index (χ0v) is 15.7. The van der Waals surface area contributed by atoms with E-state index in [-0.39, 0.29) is 30.7 Å². The van der Waals surface area contributed by atoms with Crippen LogP contribution in [-0.2, 0) is 4.79 Å². The highest BCUT2D eigenvalue weighted by atomic mass is 16.3. The molecule has 0 spiro atoms. The van der Waals surface area contributed by atoms with E-state index in [1.807, 2.05) is 36.4 Å². The van der Waals surface area contributed by atoms with Crippen LogP contribution in [0.5, 0.6) is 0 Å². The number of carbonyl (C=O) groups is 3. The van der Waals surface area contributed by atoms with E-state index in [2.05, 4.69) is 5.32 Å². The lowest BCUT2D eigenvalue weighted by molar-refractivity contribution is -0.121. The van der Waals surface area contributed by atoms with Crippen molar-refractivity contribution in [3.05, 3.63) is 95.4 Å². The molecule has 29 heavy (non-hydrogen) atoms. The van der Waals surface area contributed by atoms with Crippen molar-refractivity contribution in [3.8, 4) is 0 Å². The Bertz CT molecular complexity index is 993. The van der Waals surface area contributed by atoms with Crippen LogP contribution in [0.4, 0.5) is 0 Å². The van der Waals surface area contributed by atoms with Crippen LogP contribution in [-0.4, -0.2) is 29.2 Å². The molecule has 1 aromatic heterocycles. The number of benzene rings is 2. The average Bonchev–Trinajstić information content (AvgIpc) is 3.36. The van der Waals surface area contributed by atoms with E-state index in [0.717, 1.165) is 5.56 Å². The van der Waals surface area contributed by atoms with Gasteiger partial charge in [-0.25, -0.2) is 0 Å². The van der Waals surface area contributed by atoms with E-state index < -0.39 is 6.04 Å². The van der Waals surface area contributed by atoms with Crippen LogP contribution in [0.25, 0.3) is 0 Å². The Hall–Kier alpha value is -3.67. The molecule has 2 aromatic carbocycles. The van der Waals surface area contributed by atoms with Crippen molar-refractivity contribution in [2.24, 2.45) is 0 Å². The fourth-order valence-corrected chi connectivity index (χ4v) is 3.49. The summed E-state index contributed by atoms with van der Waals surface area (Å²) in [4.78, 5) is 38.5. The molecule has 146 valence electrons. The van der Waals surface area contributed by atoms with Crippen molar-refractivity contribution >= 4 is 17.7 Å². The predicted octanol–water partition coefficient (Wildman–Crippen LogP) is 3.56. The molecule has 0 radical (unpaired) electrons. The van der Waals surface area contributed by atoms with Gasteiger partial charge in [-0.2, -0.15) is 0 Å². The van der Waals surface area contributed by atoms with Crippen LogP contribution in [0, 0.1) is 0 Å². The molecule has 0 fully saturated rings. The number of fused-ring (bicyclic) bond motifs is 1. The van der Waals surface area contributed by atoms with E-state index in [1.165, 1.54) is 4.90 Å². The van der Waals surface area contributed by atoms with Crippen molar-refractivity contribution in [1.29, 1.82) is 0 Å². The molecule has 0 aliphatic carbocycles. The van der Waals surface area contributed by atoms with Crippen LogP contribution in [0.1, 0.15) is 50.9 Å². The molecular formula is C23H20N2O4. The Labute approximate surface area is 168 Å². The van der Waals surface area contributed by atoms with Gasteiger partial charge in [-0.15, -0.1) is 0 Å². The molecule has 1 atom stereocenters. The normalized spacial score (nSPS) is 14.0. The third-order valence-corrected chi connectivity index (χ3v) is 4.93. The molecule has 0 saturated heterocycles. The number of amides is 3. The summed E-state index contributed by atoms with van der Waals surface area (Å²) in [5.41, 5.74) is 1.75. The van der Waals surface area contributed by atoms with Crippen LogP contribution in [0.15, 0.2) is 77.4 Å². The van der Waals surface area contributed by atoms with Crippen LogP contribution < -0.4 is 5.32 Å². The first-order valence-corrected chi connectivity index (χ1v) is 9.48. The number of imide groups is 1. The smallest absolute Gasteiger partial charge is 0.261 e. The first-order chi connectivity index (χ1) is 14.1. The van der Waals surface area contributed by atoms with Crippen LogP contribution in [0.2, 0.25) is 0 Å². The lowest BCUT2D eigenvalue weighted by Gasteiger charge is -2.18. The van der Waals surface area contributed by atoms with E-state index in [9.17, 15) is 14.4 Å². The number of hydrogen-bond acceptors (Lipinski definition) is 4. The minimum atomic E-state index is -0.391. The molecule has 1 aliphatic rings. The highest BCUT2D eigenvalue weighted by molar-refractivity contribution is 6.21. The van der Waals surface area contributed by atoms with Gasteiger partial charge in [0.1, 0.15) is 11.8 Å². The second-order valence-electron chi connectivity index (χ2n) is 6.84. The lowest BCUT2D eigenvalue weighted by atomic mass is 10.0. The first-order valence-electron chi connectivity index (χ1n) is 9.48. The van der Waals surface area contributed by atoms with Crippen molar-refractivity contribution in [2.75, 3.05) is 6.54 Å². The minimum absolute atomic E-state index is 0.174. The molecule has 4 rings (SSSR count). The molecule has 0 saturated carbocycles. The number of hydrogen-bond donors (Lipinski definition) is 1. The second-order valence-corrected chi connectivity index (χ2v) is 6.84. The highest BCUT2D eigenvalue weighted by Crippen LogP contribution is 2.24. The van der Waals surface area contributed by atoms with Gasteiger partial charge in [-0.3, -0.25) is 19.3 Å². The molecule has 2 heterocycles. The van der Waals surface area contributed by atoms with Crippen LogP contribution in [0.3, 0.4) is 0 Å². The molecular weight excluding hydrogens is 368 g/mol. The standard InChI is InChI=1S/C23H20N2O4/c26-20(24-21(19-12-7-15-29-19)16-8-2-1-3-9-16)13-6-14-25-22(27)17-10-4-5-11-18(17)23(25)28/h1-5,7-12,15,21H,6,13-14H2,(H,24,26)/t21-/m1/s1. The SMILES string of the molecule is O=C(CCCN1C(=O)c2ccccc2C1=O)N[C@H](c1ccccc1)c1ccco1. The van der Waals surface area contributed by atoms with Crippen LogP contribution >= 0.6 is 0 Å². The summed E-state index contributed by atoms with van der Waals surface area (Å²) in [7, 11) is 0. The van der Waals surface area contributed by atoms with E-state index in [4.69, 9.17) is 4.42 Å². The van der Waals surface area contributed by atoms with Gasteiger partial charge in [0.15, 0.2) is 0 Å². The molecule has 1 N–H and O–H groups in total. The summed E-state index contributed by atoms with van der Waals surface area (Å²) < 4.78 is 5.49. The van der Waals surface area contributed by atoms with Gasteiger partial charge in [0.25, 0.3) is 11.8 Å². The quantitative estimate of drug-likeness (QED) is 0.628. The van der Waals surface area contributed by atoms with Crippen molar-refractivity contribution < 1.29 is 18.8 Å². The van der Waals surface area contributed by atoms with Crippen molar-refractivity contribution in [3.63, 3.8) is 0 Å². The third kappa shape index (κ3) is 3.82. The number of nitrogens with one attached hydrogen (secondary N) is 1. The van der Waals surface area contributed by atoms with E-state index in [1.54, 1.807) is 36.6 Å². The maximum Gasteiger partial charge on any atom is 0.261 e. The highest BCUT2D eigenvalue weighted by Gasteiger charge is 2.34. The molecule has 3 amide bonds. The Kier molecular flexibility index (Phi) is 5.24. The Morgan fingerprint density at radius 3 is 2.17 bits per heavy atom. The molecule has 6 nitrogen and oxygen atoms in total. The summed E-state index contributed by atoms with van der Waals surface area (Å²) in [5, 5.41) is 2.98. The lowest BCUT2D eigenvalue weighted by Crippen LogP contribution is -2.33. The number of rotatable bonds is 7. The number of furan rings is 1. The average molecular weight is 388 g/mol. The Morgan fingerprint density at radius 1 is 0.897 bits per heavy atom. The zero-order valence-electron chi connectivity index (χ0n) is 15.7. The molecule has 0 bridgehead atoms. The van der Waals surface area contributed by atoms with Gasteiger partial charge in [0, 0.05) is 13.0 Å². The maximum absolute atomic E-state index is 12.5. The third-order valence-electron chi connectivity index (χ3n) is 4.93. The van der Waals surface area contributed by atoms with Gasteiger partial charge < -0.3 is 9.73 Å². The molecule has 3 aromatic rings. The first kappa shape index (κ1) is 18.7. The zero-order chi connectivity index (χ0) is 20.2. The monoisotopic (exact) mass is 388 g/mol. The Morgan fingerprint density at radius 2 is 1.55 bits per heavy atom. The van der Waals surface area contributed by atoms with Gasteiger partial charge in [0.2, 0.25) is 5.91 Å². The summed E-state index contributed by atoms with van der Waals surface area (Å²) in [5.74, 6) is -0.135. The summed E-state index contributed by atoms with van der Waals surface area (Å²) in [6.45, 7) is 0.205. The van der Waals surface area contributed by atoms with Crippen molar-refractivity contribution in [2.45, 2.75) is 18.9 Å². The van der Waals surface area contributed by atoms with E-state index >= 15 is 0 Å². The topological polar surface area (TPSA) is 79.6 Å². The molecule has 1 aliphatic heterocycles. The van der Waals surface area contributed by atoms with Gasteiger partial charge >= 0.3 is 0 Å².